The molecule has 2 N–H and O–H groups in total. The van der Waals surface area contributed by atoms with E-state index in [1.807, 2.05) is 12.3 Å². The molecule has 1 atom stereocenters. The van der Waals surface area contributed by atoms with Crippen molar-refractivity contribution in [2.45, 2.75) is 25.8 Å². The molecule has 1 aromatic rings. The lowest BCUT2D eigenvalue weighted by Gasteiger charge is -2.29. The van der Waals surface area contributed by atoms with Gasteiger partial charge in [-0.15, -0.1) is 0 Å². The third-order valence-corrected chi connectivity index (χ3v) is 4.09. The summed E-state index contributed by atoms with van der Waals surface area (Å²) < 4.78 is 0. The largest absolute Gasteiger partial charge is 0.389 e. The van der Waals surface area contributed by atoms with E-state index < -0.39 is 0 Å². The van der Waals surface area contributed by atoms with Crippen molar-refractivity contribution in [2.75, 3.05) is 31.6 Å². The smallest absolute Gasteiger partial charge is 0.106 e. The van der Waals surface area contributed by atoms with E-state index in [2.05, 4.69) is 28.8 Å². The summed E-state index contributed by atoms with van der Waals surface area (Å²) in [6, 6.07) is 2.51. The summed E-state index contributed by atoms with van der Waals surface area (Å²) in [6.07, 6.45) is 6.14. The summed E-state index contributed by atoms with van der Waals surface area (Å²) in [7, 11) is 2.09. The molecule has 0 aromatic carbocycles. The van der Waals surface area contributed by atoms with Gasteiger partial charge in [0.1, 0.15) is 4.99 Å². The lowest BCUT2D eigenvalue weighted by Crippen LogP contribution is -2.39. The van der Waals surface area contributed by atoms with Crippen LogP contribution < -0.4 is 10.6 Å². The van der Waals surface area contributed by atoms with Crippen molar-refractivity contribution in [1.82, 2.24) is 9.88 Å². The fourth-order valence-electron chi connectivity index (χ4n) is 2.83. The summed E-state index contributed by atoms with van der Waals surface area (Å²) in [5.41, 5.74) is 7.72. The Morgan fingerprint density at radius 3 is 3.11 bits per heavy atom. The monoisotopic (exact) mass is 278 g/mol. The summed E-state index contributed by atoms with van der Waals surface area (Å²) in [5, 5.41) is 0. The van der Waals surface area contributed by atoms with E-state index in [0.717, 1.165) is 24.3 Å². The minimum atomic E-state index is 0.433. The van der Waals surface area contributed by atoms with Crippen LogP contribution in [0.1, 0.15) is 25.3 Å². The van der Waals surface area contributed by atoms with Gasteiger partial charge >= 0.3 is 0 Å². The van der Waals surface area contributed by atoms with Gasteiger partial charge in [0.05, 0.1) is 11.9 Å². The first kappa shape index (κ1) is 14.2. The molecule has 1 aliphatic rings. The van der Waals surface area contributed by atoms with Crippen molar-refractivity contribution in [3.8, 4) is 0 Å². The van der Waals surface area contributed by atoms with Crippen LogP contribution in [-0.2, 0) is 0 Å². The summed E-state index contributed by atoms with van der Waals surface area (Å²) in [6.45, 7) is 5.55. The lowest BCUT2D eigenvalue weighted by atomic mass is 10.1. The van der Waals surface area contributed by atoms with Crippen molar-refractivity contribution in [1.29, 1.82) is 0 Å². The van der Waals surface area contributed by atoms with Crippen LogP contribution in [0.4, 0.5) is 5.69 Å². The molecule has 1 aromatic heterocycles. The molecule has 0 radical (unpaired) electrons. The molecule has 2 heterocycles. The number of hydrogen-bond acceptors (Lipinski definition) is 4. The van der Waals surface area contributed by atoms with Gasteiger partial charge < -0.3 is 10.6 Å². The number of pyridine rings is 1. The number of likely N-dealkylation sites (tertiary alicyclic amines) is 1. The van der Waals surface area contributed by atoms with E-state index in [-0.39, 0.29) is 0 Å². The maximum Gasteiger partial charge on any atom is 0.106 e. The Morgan fingerprint density at radius 1 is 1.63 bits per heavy atom. The highest BCUT2D eigenvalue weighted by Gasteiger charge is 2.24. The maximum atomic E-state index is 5.78. The summed E-state index contributed by atoms with van der Waals surface area (Å²) in [4.78, 5) is 9.38. The van der Waals surface area contributed by atoms with Crippen molar-refractivity contribution in [3.05, 3.63) is 24.0 Å². The molecule has 1 unspecified atom stereocenters. The average molecular weight is 278 g/mol. The first-order valence-corrected chi connectivity index (χ1v) is 7.23. The number of nitrogens with two attached hydrogens (primary N) is 1. The van der Waals surface area contributed by atoms with Gasteiger partial charge in [-0.2, -0.15) is 0 Å². The first-order valence-electron chi connectivity index (χ1n) is 6.82. The Kier molecular flexibility index (Phi) is 4.71. The molecule has 104 valence electrons. The predicted octanol–water partition coefficient (Wildman–Crippen LogP) is 1.64. The van der Waals surface area contributed by atoms with E-state index in [1.165, 1.54) is 19.4 Å². The molecule has 0 aliphatic carbocycles. The quantitative estimate of drug-likeness (QED) is 0.830. The van der Waals surface area contributed by atoms with Crippen LogP contribution in [0.15, 0.2) is 18.5 Å². The van der Waals surface area contributed by atoms with Crippen LogP contribution in [0.2, 0.25) is 0 Å². The maximum absolute atomic E-state index is 5.78. The Labute approximate surface area is 120 Å². The Balaban J connectivity index is 2.11. The molecule has 1 saturated heterocycles. The topological polar surface area (TPSA) is 45.4 Å². The van der Waals surface area contributed by atoms with Crippen LogP contribution in [0.5, 0.6) is 0 Å². The molecule has 0 saturated carbocycles. The molecule has 0 spiro atoms. The zero-order chi connectivity index (χ0) is 13.8. The number of nitrogens with zero attached hydrogens (tertiary/aromatic N) is 3. The van der Waals surface area contributed by atoms with E-state index >= 15 is 0 Å². The summed E-state index contributed by atoms with van der Waals surface area (Å²) >= 11 is 5.11. The highest BCUT2D eigenvalue weighted by atomic mass is 32.1. The first-order chi connectivity index (χ1) is 9.13. The van der Waals surface area contributed by atoms with Crippen molar-refractivity contribution < 1.29 is 0 Å². The van der Waals surface area contributed by atoms with E-state index in [4.69, 9.17) is 18.0 Å². The van der Waals surface area contributed by atoms with Gasteiger partial charge in [0, 0.05) is 31.4 Å². The van der Waals surface area contributed by atoms with Crippen LogP contribution in [0.3, 0.4) is 0 Å². The third kappa shape index (κ3) is 3.22. The fraction of sp³-hybridized carbons (Fsp3) is 0.571. The normalized spacial score (nSPS) is 19.6. The molecule has 0 bridgehead atoms. The SMILES string of the molecule is CCN1CCCC1CN(C)c1cnccc1C(N)=S. The van der Waals surface area contributed by atoms with Gasteiger partial charge in [-0.3, -0.25) is 9.88 Å². The van der Waals surface area contributed by atoms with Crippen LogP contribution in [0.25, 0.3) is 0 Å². The van der Waals surface area contributed by atoms with Gasteiger partial charge in [0.2, 0.25) is 0 Å². The van der Waals surface area contributed by atoms with E-state index in [0.29, 0.717) is 11.0 Å². The third-order valence-electron chi connectivity index (χ3n) is 3.87. The number of hydrogen-bond donors (Lipinski definition) is 1. The van der Waals surface area contributed by atoms with E-state index in [1.54, 1.807) is 6.20 Å². The lowest BCUT2D eigenvalue weighted by molar-refractivity contribution is 0.270. The molecule has 5 heteroatoms. The second-order valence-corrected chi connectivity index (χ2v) is 5.50. The van der Waals surface area contributed by atoms with Crippen LogP contribution >= 0.6 is 12.2 Å². The van der Waals surface area contributed by atoms with E-state index in [9.17, 15) is 0 Å². The summed E-state index contributed by atoms with van der Waals surface area (Å²) in [5.74, 6) is 0. The standard InChI is InChI=1S/C14H22N4S/c1-3-18-8-4-5-11(18)10-17(2)13-9-16-7-6-12(13)14(15)19/h6-7,9,11H,3-5,8,10H2,1-2H3,(H2,15,19). The number of rotatable bonds is 5. The highest BCUT2D eigenvalue weighted by molar-refractivity contribution is 7.80. The molecule has 19 heavy (non-hydrogen) atoms. The number of aromatic nitrogens is 1. The second kappa shape index (κ2) is 6.30. The molecule has 0 amide bonds. The molecule has 2 rings (SSSR count). The van der Waals surface area contributed by atoms with Crippen molar-refractivity contribution >= 4 is 22.9 Å². The molecular weight excluding hydrogens is 256 g/mol. The predicted molar refractivity (Wildman–Crippen MR) is 83.7 cm³/mol. The molecule has 1 aliphatic heterocycles. The van der Waals surface area contributed by atoms with Crippen LogP contribution in [0, 0.1) is 0 Å². The Hall–Kier alpha value is -1.20. The molecule has 4 nitrogen and oxygen atoms in total. The number of thiocarbonyl (C=S) groups is 1. The Bertz CT molecular complexity index is 449. The van der Waals surface area contributed by atoms with Gasteiger partial charge in [0.25, 0.3) is 0 Å². The van der Waals surface area contributed by atoms with Gasteiger partial charge in [-0.1, -0.05) is 19.1 Å². The number of likely N-dealkylation sites (N-methyl/N-ethyl adjacent to an activating group) is 2. The Morgan fingerprint density at radius 2 is 2.42 bits per heavy atom. The van der Waals surface area contributed by atoms with Gasteiger partial charge in [0.15, 0.2) is 0 Å². The number of anilines is 1. The minimum absolute atomic E-state index is 0.433. The second-order valence-electron chi connectivity index (χ2n) is 5.06. The van der Waals surface area contributed by atoms with Crippen LogP contribution in [-0.4, -0.2) is 47.6 Å². The fourth-order valence-corrected chi connectivity index (χ4v) is 3.00. The zero-order valence-corrected chi connectivity index (χ0v) is 12.5. The van der Waals surface area contributed by atoms with Crippen molar-refractivity contribution in [2.24, 2.45) is 5.73 Å². The van der Waals surface area contributed by atoms with Gasteiger partial charge in [-0.05, 0) is 32.0 Å². The van der Waals surface area contributed by atoms with Gasteiger partial charge in [-0.25, -0.2) is 0 Å². The zero-order valence-electron chi connectivity index (χ0n) is 11.7. The highest BCUT2D eigenvalue weighted by Crippen LogP contribution is 2.22. The minimum Gasteiger partial charge on any atom is -0.389 e. The molecule has 1 fully saturated rings. The molecular formula is C14H22N4S. The average Bonchev–Trinajstić information content (AvgIpc) is 2.85. The van der Waals surface area contributed by atoms with Crippen molar-refractivity contribution in [3.63, 3.8) is 0 Å².